The van der Waals surface area contributed by atoms with Crippen LogP contribution in [0.3, 0.4) is 0 Å². The molecule has 0 amide bonds. The molecule has 1 atom stereocenters. The van der Waals surface area contributed by atoms with Crippen molar-refractivity contribution in [1.82, 2.24) is 4.90 Å². The van der Waals surface area contributed by atoms with Crippen LogP contribution in [0.2, 0.25) is 0 Å². The molecule has 3 nitrogen and oxygen atoms in total. The number of nitrogens with one attached hydrogen (secondary N) is 1. The quantitative estimate of drug-likeness (QED) is 0.631. The second-order valence-corrected chi connectivity index (χ2v) is 5.73. The monoisotopic (exact) mass is 261 g/mol. The Bertz CT molecular complexity index is 403. The van der Waals surface area contributed by atoms with E-state index in [2.05, 4.69) is 36.2 Å². The minimum Gasteiger partial charge on any atom is -0.399 e. The van der Waals surface area contributed by atoms with Gasteiger partial charge in [0.25, 0.3) is 0 Å². The predicted molar refractivity (Wildman–Crippen MR) is 83.6 cm³/mol. The summed E-state index contributed by atoms with van der Waals surface area (Å²) in [5, 5.41) is 3.48. The molecule has 0 radical (unpaired) electrons. The second-order valence-electron chi connectivity index (χ2n) is 5.73. The van der Waals surface area contributed by atoms with Gasteiger partial charge in [0.05, 0.1) is 0 Å². The van der Waals surface area contributed by atoms with Crippen molar-refractivity contribution in [2.75, 3.05) is 30.7 Å². The summed E-state index contributed by atoms with van der Waals surface area (Å²) in [6, 6.07) is 6.93. The molecule has 0 bridgehead atoms. The molecule has 3 heteroatoms. The first-order chi connectivity index (χ1) is 9.16. The van der Waals surface area contributed by atoms with Crippen molar-refractivity contribution in [3.63, 3.8) is 0 Å². The fourth-order valence-electron chi connectivity index (χ4n) is 2.79. The molecule has 3 N–H and O–H groups in total. The summed E-state index contributed by atoms with van der Waals surface area (Å²) < 4.78 is 0. The van der Waals surface area contributed by atoms with Crippen LogP contribution in [0.4, 0.5) is 11.4 Å². The maximum atomic E-state index is 5.82. The lowest BCUT2D eigenvalue weighted by Crippen LogP contribution is -2.38. The fraction of sp³-hybridized carbons (Fsp3) is 0.625. The SMILES string of the molecule is Cc1cc(NCCCN2CCCCC2C)ccc1N. The number of hydrogen-bond donors (Lipinski definition) is 2. The van der Waals surface area contributed by atoms with Gasteiger partial charge in [0.2, 0.25) is 0 Å². The first kappa shape index (κ1) is 14.2. The molecule has 1 heterocycles. The highest BCUT2D eigenvalue weighted by molar-refractivity contribution is 5.56. The summed E-state index contributed by atoms with van der Waals surface area (Å²) in [4.78, 5) is 2.62. The average molecular weight is 261 g/mol. The zero-order valence-electron chi connectivity index (χ0n) is 12.3. The van der Waals surface area contributed by atoms with Crippen LogP contribution in [0, 0.1) is 6.92 Å². The van der Waals surface area contributed by atoms with E-state index in [0.717, 1.165) is 23.8 Å². The van der Waals surface area contributed by atoms with Crippen molar-refractivity contribution in [2.24, 2.45) is 0 Å². The van der Waals surface area contributed by atoms with Crippen LogP contribution in [0.15, 0.2) is 18.2 Å². The molecule has 0 spiro atoms. The van der Waals surface area contributed by atoms with Crippen LogP contribution in [-0.2, 0) is 0 Å². The van der Waals surface area contributed by atoms with Crippen molar-refractivity contribution in [3.8, 4) is 0 Å². The molecule has 0 saturated carbocycles. The molecule has 1 saturated heterocycles. The summed E-state index contributed by atoms with van der Waals surface area (Å²) in [7, 11) is 0. The molecular weight excluding hydrogens is 234 g/mol. The maximum absolute atomic E-state index is 5.82. The van der Waals surface area contributed by atoms with Gasteiger partial charge in [0.15, 0.2) is 0 Å². The predicted octanol–water partition coefficient (Wildman–Crippen LogP) is 3.25. The maximum Gasteiger partial charge on any atom is 0.0345 e. The molecule has 1 unspecified atom stereocenters. The lowest BCUT2D eigenvalue weighted by molar-refractivity contribution is 0.160. The Labute approximate surface area is 117 Å². The minimum atomic E-state index is 0.771. The molecular formula is C16H27N3. The highest BCUT2D eigenvalue weighted by Crippen LogP contribution is 2.18. The van der Waals surface area contributed by atoms with Crippen LogP contribution in [0.25, 0.3) is 0 Å². The molecule has 1 aliphatic rings. The lowest BCUT2D eigenvalue weighted by Gasteiger charge is -2.33. The van der Waals surface area contributed by atoms with Crippen LogP contribution in [-0.4, -0.2) is 30.6 Å². The number of piperidine rings is 1. The largest absolute Gasteiger partial charge is 0.399 e. The van der Waals surface area contributed by atoms with E-state index in [4.69, 9.17) is 5.73 Å². The van der Waals surface area contributed by atoms with Gasteiger partial charge in [0, 0.05) is 30.5 Å². The Hall–Kier alpha value is -1.22. The number of nitrogens with two attached hydrogens (primary N) is 1. The molecule has 19 heavy (non-hydrogen) atoms. The van der Waals surface area contributed by atoms with Crippen LogP contribution in [0.5, 0.6) is 0 Å². The van der Waals surface area contributed by atoms with E-state index in [-0.39, 0.29) is 0 Å². The fourth-order valence-corrected chi connectivity index (χ4v) is 2.79. The van der Waals surface area contributed by atoms with Gasteiger partial charge in [-0.2, -0.15) is 0 Å². The first-order valence-electron chi connectivity index (χ1n) is 7.51. The normalized spacial score (nSPS) is 20.4. The number of nitrogen functional groups attached to an aromatic ring is 1. The third-order valence-corrected chi connectivity index (χ3v) is 4.16. The number of aryl methyl sites for hydroxylation is 1. The van der Waals surface area contributed by atoms with E-state index in [1.165, 1.54) is 44.5 Å². The van der Waals surface area contributed by atoms with E-state index < -0.39 is 0 Å². The Balaban J connectivity index is 1.70. The Morgan fingerprint density at radius 2 is 2.21 bits per heavy atom. The first-order valence-corrected chi connectivity index (χ1v) is 7.51. The molecule has 106 valence electrons. The van der Waals surface area contributed by atoms with E-state index in [1.54, 1.807) is 0 Å². The zero-order valence-corrected chi connectivity index (χ0v) is 12.3. The Morgan fingerprint density at radius 3 is 2.95 bits per heavy atom. The lowest BCUT2D eigenvalue weighted by atomic mass is 10.0. The molecule has 2 rings (SSSR count). The summed E-state index contributed by atoms with van der Waals surface area (Å²) in [5.74, 6) is 0. The standard InChI is InChI=1S/C16H27N3/c1-13-12-15(7-8-16(13)17)18-9-5-11-19-10-4-3-6-14(19)2/h7-8,12,14,18H,3-6,9-11,17H2,1-2H3. The summed E-state index contributed by atoms with van der Waals surface area (Å²) in [6.07, 6.45) is 5.34. The van der Waals surface area contributed by atoms with Gasteiger partial charge in [-0.25, -0.2) is 0 Å². The number of hydrogen-bond acceptors (Lipinski definition) is 3. The number of nitrogens with zero attached hydrogens (tertiary/aromatic N) is 1. The summed E-state index contributed by atoms with van der Waals surface area (Å²) in [6.45, 7) is 7.93. The van der Waals surface area contributed by atoms with Gasteiger partial charge >= 0.3 is 0 Å². The van der Waals surface area contributed by atoms with Gasteiger partial charge in [-0.05, 0) is 63.4 Å². The number of rotatable bonds is 5. The van der Waals surface area contributed by atoms with Crippen molar-refractivity contribution in [2.45, 2.75) is 45.6 Å². The van der Waals surface area contributed by atoms with Crippen LogP contribution >= 0.6 is 0 Å². The Kier molecular flexibility index (Phi) is 5.08. The van der Waals surface area contributed by atoms with Crippen molar-refractivity contribution in [1.29, 1.82) is 0 Å². The van der Waals surface area contributed by atoms with Gasteiger partial charge < -0.3 is 16.0 Å². The summed E-state index contributed by atoms with van der Waals surface area (Å²) >= 11 is 0. The van der Waals surface area contributed by atoms with Gasteiger partial charge in [0.1, 0.15) is 0 Å². The minimum absolute atomic E-state index is 0.771. The smallest absolute Gasteiger partial charge is 0.0345 e. The topological polar surface area (TPSA) is 41.3 Å². The van der Waals surface area contributed by atoms with E-state index in [0.29, 0.717) is 0 Å². The second kappa shape index (κ2) is 6.80. The molecule has 1 aliphatic heterocycles. The van der Waals surface area contributed by atoms with E-state index in [9.17, 15) is 0 Å². The van der Waals surface area contributed by atoms with Crippen LogP contribution in [0.1, 0.15) is 38.2 Å². The summed E-state index contributed by atoms with van der Waals surface area (Å²) in [5.41, 5.74) is 9.02. The van der Waals surface area contributed by atoms with Gasteiger partial charge in [-0.15, -0.1) is 0 Å². The van der Waals surface area contributed by atoms with Crippen LogP contribution < -0.4 is 11.1 Å². The van der Waals surface area contributed by atoms with Crippen molar-refractivity contribution in [3.05, 3.63) is 23.8 Å². The van der Waals surface area contributed by atoms with Gasteiger partial charge in [-0.1, -0.05) is 6.42 Å². The molecule has 1 aromatic rings. The molecule has 0 aromatic heterocycles. The Morgan fingerprint density at radius 1 is 1.37 bits per heavy atom. The zero-order chi connectivity index (χ0) is 13.7. The van der Waals surface area contributed by atoms with E-state index >= 15 is 0 Å². The molecule has 0 aliphatic carbocycles. The number of anilines is 2. The highest BCUT2D eigenvalue weighted by atomic mass is 15.2. The third kappa shape index (κ3) is 4.13. The number of likely N-dealkylation sites (tertiary alicyclic amines) is 1. The number of benzene rings is 1. The van der Waals surface area contributed by atoms with E-state index in [1.807, 2.05) is 6.07 Å². The molecule has 1 aromatic carbocycles. The average Bonchev–Trinajstić information content (AvgIpc) is 2.40. The highest BCUT2D eigenvalue weighted by Gasteiger charge is 2.16. The van der Waals surface area contributed by atoms with Crippen molar-refractivity contribution >= 4 is 11.4 Å². The third-order valence-electron chi connectivity index (χ3n) is 4.16. The molecule has 1 fully saturated rings. The van der Waals surface area contributed by atoms with Gasteiger partial charge in [-0.3, -0.25) is 0 Å². The van der Waals surface area contributed by atoms with Crippen molar-refractivity contribution < 1.29 is 0 Å².